The van der Waals surface area contributed by atoms with E-state index in [1.165, 1.54) is 6.42 Å². The van der Waals surface area contributed by atoms with Crippen LogP contribution in [-0.2, 0) is 14.3 Å². The molecule has 2 aliphatic rings. The van der Waals surface area contributed by atoms with Crippen molar-refractivity contribution in [2.45, 2.75) is 26.2 Å². The van der Waals surface area contributed by atoms with E-state index < -0.39 is 0 Å². The van der Waals surface area contributed by atoms with Crippen LogP contribution in [0.5, 0.6) is 0 Å². The smallest absolute Gasteiger partial charge is 0.325 e. The fourth-order valence-corrected chi connectivity index (χ4v) is 2.44. The summed E-state index contributed by atoms with van der Waals surface area (Å²) in [4.78, 5) is 22.6. The molecule has 1 amide bonds. The molecule has 2 fully saturated rings. The van der Waals surface area contributed by atoms with E-state index in [0.717, 1.165) is 24.7 Å². The van der Waals surface area contributed by atoms with Crippen LogP contribution in [0, 0.1) is 17.8 Å². The average molecular weight is 211 g/mol. The second kappa shape index (κ2) is 4.21. The van der Waals surface area contributed by atoms with Gasteiger partial charge in [0.1, 0.15) is 6.54 Å². The molecule has 4 heteroatoms. The molecule has 0 spiro atoms. The summed E-state index contributed by atoms with van der Waals surface area (Å²) in [6, 6.07) is 0. The second-order valence-electron chi connectivity index (χ2n) is 4.45. The number of carbonyl (C=O) groups excluding carboxylic acids is 2. The first kappa shape index (κ1) is 10.5. The summed E-state index contributed by atoms with van der Waals surface area (Å²) in [6.45, 7) is 2.13. The molecular formula is C11H17NO3. The molecule has 2 rings (SSSR count). The Balaban J connectivity index is 1.66. The lowest BCUT2D eigenvalue weighted by molar-refractivity contribution is -0.143. The van der Waals surface area contributed by atoms with E-state index in [-0.39, 0.29) is 24.3 Å². The Bertz CT molecular complexity index is 267. The van der Waals surface area contributed by atoms with Gasteiger partial charge in [-0.3, -0.25) is 9.59 Å². The Morgan fingerprint density at radius 3 is 2.53 bits per heavy atom. The summed E-state index contributed by atoms with van der Waals surface area (Å²) < 4.78 is 4.73. The summed E-state index contributed by atoms with van der Waals surface area (Å²) in [5.74, 6) is 1.40. The molecule has 0 radical (unpaired) electrons. The van der Waals surface area contributed by atoms with E-state index in [0.29, 0.717) is 6.61 Å². The first-order valence-corrected chi connectivity index (χ1v) is 5.64. The topological polar surface area (TPSA) is 55.4 Å². The Hall–Kier alpha value is -1.06. The van der Waals surface area contributed by atoms with Gasteiger partial charge in [0.15, 0.2) is 0 Å². The molecule has 2 saturated carbocycles. The lowest BCUT2D eigenvalue weighted by Crippen LogP contribution is -2.34. The molecule has 2 aliphatic carbocycles. The zero-order valence-electron chi connectivity index (χ0n) is 8.99. The predicted octanol–water partition coefficient (Wildman–Crippen LogP) is 0.712. The highest BCUT2D eigenvalue weighted by Crippen LogP contribution is 2.54. The normalized spacial score (nSPS) is 31.9. The monoisotopic (exact) mass is 211 g/mol. The lowest BCUT2D eigenvalue weighted by atomic mass is 10.0. The third-order valence-electron chi connectivity index (χ3n) is 3.33. The van der Waals surface area contributed by atoms with E-state index in [1.54, 1.807) is 6.92 Å². The lowest BCUT2D eigenvalue weighted by Gasteiger charge is -2.11. The summed E-state index contributed by atoms with van der Waals surface area (Å²) in [5, 5.41) is 2.64. The molecule has 0 aliphatic heterocycles. The fraction of sp³-hybridized carbons (Fsp3) is 0.818. The second-order valence-corrected chi connectivity index (χ2v) is 4.45. The molecule has 0 saturated heterocycles. The van der Waals surface area contributed by atoms with Crippen LogP contribution in [-0.4, -0.2) is 25.0 Å². The van der Waals surface area contributed by atoms with Gasteiger partial charge in [-0.15, -0.1) is 0 Å². The zero-order chi connectivity index (χ0) is 10.8. The van der Waals surface area contributed by atoms with Gasteiger partial charge < -0.3 is 10.1 Å². The van der Waals surface area contributed by atoms with Crippen LogP contribution in [0.2, 0.25) is 0 Å². The maximum Gasteiger partial charge on any atom is 0.325 e. The Morgan fingerprint density at radius 2 is 1.93 bits per heavy atom. The van der Waals surface area contributed by atoms with Crippen LogP contribution in [0.25, 0.3) is 0 Å². The highest BCUT2D eigenvalue weighted by atomic mass is 16.5. The van der Waals surface area contributed by atoms with Crippen molar-refractivity contribution in [3.8, 4) is 0 Å². The Labute approximate surface area is 89.4 Å². The fourth-order valence-electron chi connectivity index (χ4n) is 2.44. The van der Waals surface area contributed by atoms with Gasteiger partial charge in [-0.05, 0) is 38.0 Å². The number of nitrogens with one attached hydrogen (secondary N) is 1. The van der Waals surface area contributed by atoms with Crippen molar-refractivity contribution in [2.75, 3.05) is 13.2 Å². The minimum Gasteiger partial charge on any atom is -0.465 e. The van der Waals surface area contributed by atoms with Gasteiger partial charge in [-0.25, -0.2) is 0 Å². The summed E-state index contributed by atoms with van der Waals surface area (Å²) in [7, 11) is 0. The minimum atomic E-state index is -0.353. The third kappa shape index (κ3) is 2.49. The van der Waals surface area contributed by atoms with Gasteiger partial charge in [-0.2, -0.15) is 0 Å². The molecule has 84 valence electrons. The SMILES string of the molecule is CCOC(=O)CNC(=O)C1CC2CC2C1. The van der Waals surface area contributed by atoms with Gasteiger partial charge in [0.05, 0.1) is 6.61 Å². The van der Waals surface area contributed by atoms with E-state index >= 15 is 0 Å². The number of fused-ring (bicyclic) bond motifs is 1. The van der Waals surface area contributed by atoms with Crippen molar-refractivity contribution in [3.05, 3.63) is 0 Å². The van der Waals surface area contributed by atoms with Gasteiger partial charge >= 0.3 is 5.97 Å². The molecule has 0 bridgehead atoms. The van der Waals surface area contributed by atoms with Gasteiger partial charge in [0, 0.05) is 5.92 Å². The molecule has 0 aromatic heterocycles. The largest absolute Gasteiger partial charge is 0.465 e. The number of ether oxygens (including phenoxy) is 1. The number of hydrogen-bond acceptors (Lipinski definition) is 3. The number of hydrogen-bond donors (Lipinski definition) is 1. The van der Waals surface area contributed by atoms with Crippen molar-refractivity contribution < 1.29 is 14.3 Å². The molecule has 1 N–H and O–H groups in total. The highest BCUT2D eigenvalue weighted by Gasteiger charge is 2.47. The van der Waals surface area contributed by atoms with Crippen molar-refractivity contribution in [1.29, 1.82) is 0 Å². The van der Waals surface area contributed by atoms with Crippen LogP contribution in [0.4, 0.5) is 0 Å². The molecular weight excluding hydrogens is 194 g/mol. The maximum absolute atomic E-state index is 11.6. The quantitative estimate of drug-likeness (QED) is 0.697. The maximum atomic E-state index is 11.6. The van der Waals surface area contributed by atoms with Crippen LogP contribution in [0.1, 0.15) is 26.2 Å². The number of carbonyl (C=O) groups is 2. The molecule has 0 heterocycles. The summed E-state index contributed by atoms with van der Waals surface area (Å²) in [6.07, 6.45) is 3.33. The molecule has 0 aromatic carbocycles. The molecule has 4 nitrogen and oxygen atoms in total. The van der Waals surface area contributed by atoms with Crippen molar-refractivity contribution in [3.63, 3.8) is 0 Å². The van der Waals surface area contributed by atoms with E-state index in [2.05, 4.69) is 5.32 Å². The Morgan fingerprint density at radius 1 is 1.27 bits per heavy atom. The third-order valence-corrected chi connectivity index (χ3v) is 3.33. The molecule has 2 unspecified atom stereocenters. The number of amides is 1. The zero-order valence-corrected chi connectivity index (χ0v) is 8.99. The van der Waals surface area contributed by atoms with Gasteiger partial charge in [0.25, 0.3) is 0 Å². The number of rotatable bonds is 4. The molecule has 15 heavy (non-hydrogen) atoms. The summed E-state index contributed by atoms with van der Waals surface area (Å²) >= 11 is 0. The standard InChI is InChI=1S/C11H17NO3/c1-2-15-10(13)6-12-11(14)9-4-7-3-8(7)5-9/h7-9H,2-6H2,1H3,(H,12,14). The average Bonchev–Trinajstić information content (AvgIpc) is 2.83. The minimum absolute atomic E-state index is 0.0124. The van der Waals surface area contributed by atoms with Crippen LogP contribution in [0.15, 0.2) is 0 Å². The molecule has 2 atom stereocenters. The van der Waals surface area contributed by atoms with Crippen LogP contribution < -0.4 is 5.32 Å². The van der Waals surface area contributed by atoms with Crippen molar-refractivity contribution in [2.24, 2.45) is 17.8 Å². The first-order valence-electron chi connectivity index (χ1n) is 5.64. The van der Waals surface area contributed by atoms with Crippen molar-refractivity contribution in [1.82, 2.24) is 5.32 Å². The molecule has 0 aromatic rings. The predicted molar refractivity (Wildman–Crippen MR) is 54.0 cm³/mol. The van der Waals surface area contributed by atoms with Crippen LogP contribution >= 0.6 is 0 Å². The van der Waals surface area contributed by atoms with Gasteiger partial charge in [0.2, 0.25) is 5.91 Å². The number of esters is 1. The van der Waals surface area contributed by atoms with Gasteiger partial charge in [-0.1, -0.05) is 0 Å². The van der Waals surface area contributed by atoms with Crippen LogP contribution in [0.3, 0.4) is 0 Å². The highest BCUT2D eigenvalue weighted by molar-refractivity contribution is 5.83. The van der Waals surface area contributed by atoms with E-state index in [4.69, 9.17) is 4.74 Å². The van der Waals surface area contributed by atoms with E-state index in [9.17, 15) is 9.59 Å². The van der Waals surface area contributed by atoms with E-state index in [1.807, 2.05) is 0 Å². The first-order chi connectivity index (χ1) is 7.20. The summed E-state index contributed by atoms with van der Waals surface area (Å²) in [5.41, 5.74) is 0. The van der Waals surface area contributed by atoms with Crippen molar-refractivity contribution >= 4 is 11.9 Å². The Kier molecular flexibility index (Phi) is 2.93.